The van der Waals surface area contributed by atoms with Crippen molar-refractivity contribution in [1.29, 1.82) is 0 Å². The van der Waals surface area contributed by atoms with Crippen LogP contribution in [-0.2, 0) is 6.42 Å². The van der Waals surface area contributed by atoms with E-state index in [1.807, 2.05) is 17.9 Å². The Morgan fingerprint density at radius 1 is 1.47 bits per heavy atom. The number of aromatic nitrogens is 1. The number of hydrazine groups is 1. The number of nitrogens with zero attached hydrogens (tertiary/aromatic N) is 2. The Labute approximate surface area is 114 Å². The summed E-state index contributed by atoms with van der Waals surface area (Å²) in [6.07, 6.45) is 4.02. The average molecular weight is 262 g/mol. The molecule has 1 aliphatic rings. The molecule has 0 saturated heterocycles. The molecule has 0 spiro atoms. The smallest absolute Gasteiger partial charge is 0.254 e. The van der Waals surface area contributed by atoms with Gasteiger partial charge in [-0.1, -0.05) is 13.8 Å². The van der Waals surface area contributed by atoms with E-state index in [9.17, 15) is 4.79 Å². The first-order valence-electron chi connectivity index (χ1n) is 6.98. The molecule has 5 heteroatoms. The summed E-state index contributed by atoms with van der Waals surface area (Å²) in [5.41, 5.74) is 4.09. The zero-order valence-corrected chi connectivity index (χ0v) is 11.6. The molecule has 0 bridgehead atoms. The quantitative estimate of drug-likeness (QED) is 0.607. The van der Waals surface area contributed by atoms with E-state index in [0.717, 1.165) is 37.9 Å². The molecule has 3 N–H and O–H groups in total. The van der Waals surface area contributed by atoms with Crippen LogP contribution < -0.4 is 11.3 Å². The molecule has 0 unspecified atom stereocenters. The molecule has 0 aliphatic heterocycles. The van der Waals surface area contributed by atoms with Crippen LogP contribution in [0, 0.1) is 0 Å². The van der Waals surface area contributed by atoms with E-state index in [1.165, 1.54) is 0 Å². The molecule has 0 atom stereocenters. The van der Waals surface area contributed by atoms with Crippen LogP contribution >= 0.6 is 0 Å². The maximum atomic E-state index is 12.6. The van der Waals surface area contributed by atoms with Gasteiger partial charge in [-0.2, -0.15) is 0 Å². The van der Waals surface area contributed by atoms with Crippen LogP contribution in [-0.4, -0.2) is 28.4 Å². The summed E-state index contributed by atoms with van der Waals surface area (Å²) in [5.74, 6) is 6.06. The second kappa shape index (κ2) is 6.02. The Kier molecular flexibility index (Phi) is 4.37. The van der Waals surface area contributed by atoms with Gasteiger partial charge in [-0.05, 0) is 37.8 Å². The van der Waals surface area contributed by atoms with Gasteiger partial charge in [0.05, 0.1) is 0 Å². The highest BCUT2D eigenvalue weighted by molar-refractivity contribution is 5.95. The average Bonchev–Trinajstić information content (AvgIpc) is 3.27. The lowest BCUT2D eigenvalue weighted by Crippen LogP contribution is -2.34. The normalized spacial score (nSPS) is 14.3. The molecule has 19 heavy (non-hydrogen) atoms. The van der Waals surface area contributed by atoms with Gasteiger partial charge in [0.2, 0.25) is 0 Å². The van der Waals surface area contributed by atoms with Crippen LogP contribution in [0.4, 0.5) is 5.82 Å². The van der Waals surface area contributed by atoms with E-state index in [-0.39, 0.29) is 5.91 Å². The molecule has 5 nitrogen and oxygen atoms in total. The first-order valence-corrected chi connectivity index (χ1v) is 6.98. The molecular weight excluding hydrogens is 240 g/mol. The predicted octanol–water partition coefficient (Wildman–Crippen LogP) is 1.94. The fraction of sp³-hybridized carbons (Fsp3) is 0.571. The third-order valence-electron chi connectivity index (χ3n) is 3.35. The number of anilines is 1. The van der Waals surface area contributed by atoms with Crippen molar-refractivity contribution < 1.29 is 4.79 Å². The van der Waals surface area contributed by atoms with Crippen molar-refractivity contribution in [2.45, 2.75) is 45.6 Å². The molecule has 1 heterocycles. The first-order chi connectivity index (χ1) is 9.19. The van der Waals surface area contributed by atoms with E-state index in [2.05, 4.69) is 17.3 Å². The van der Waals surface area contributed by atoms with E-state index in [0.29, 0.717) is 17.4 Å². The largest absolute Gasteiger partial charge is 0.336 e. The minimum atomic E-state index is 0.0953. The van der Waals surface area contributed by atoms with Gasteiger partial charge in [0, 0.05) is 23.8 Å². The summed E-state index contributed by atoms with van der Waals surface area (Å²) in [6, 6.07) is 4.03. The summed E-state index contributed by atoms with van der Waals surface area (Å²) < 4.78 is 0. The van der Waals surface area contributed by atoms with Crippen LogP contribution in [0.25, 0.3) is 0 Å². The van der Waals surface area contributed by atoms with Gasteiger partial charge in [-0.3, -0.25) is 4.79 Å². The highest BCUT2D eigenvalue weighted by Gasteiger charge is 2.32. The number of carbonyl (C=O) groups excluding carboxylic acids is 1. The SMILES string of the molecule is CCCN(C(=O)c1cc(CC)nc(NN)c1)C1CC1. The van der Waals surface area contributed by atoms with Crippen molar-refractivity contribution in [3.05, 3.63) is 23.4 Å². The maximum Gasteiger partial charge on any atom is 0.254 e. The number of aryl methyl sites for hydroxylation is 1. The number of pyridine rings is 1. The number of amides is 1. The summed E-state index contributed by atoms with van der Waals surface area (Å²) in [5, 5.41) is 0. The fourth-order valence-electron chi connectivity index (χ4n) is 2.21. The molecule has 0 radical (unpaired) electrons. The summed E-state index contributed by atoms with van der Waals surface area (Å²) >= 11 is 0. The minimum Gasteiger partial charge on any atom is -0.336 e. The minimum absolute atomic E-state index is 0.0953. The zero-order valence-electron chi connectivity index (χ0n) is 11.6. The van der Waals surface area contributed by atoms with E-state index in [4.69, 9.17) is 5.84 Å². The maximum absolute atomic E-state index is 12.6. The van der Waals surface area contributed by atoms with Crippen LogP contribution in [0.15, 0.2) is 12.1 Å². The molecule has 2 rings (SSSR count). The van der Waals surface area contributed by atoms with Gasteiger partial charge in [0.15, 0.2) is 0 Å². The first kappa shape index (κ1) is 13.8. The Bertz CT molecular complexity index is 435. The lowest BCUT2D eigenvalue weighted by atomic mass is 10.1. The summed E-state index contributed by atoms with van der Waals surface area (Å²) in [7, 11) is 0. The van der Waals surface area contributed by atoms with Crippen LogP contribution in [0.5, 0.6) is 0 Å². The second-order valence-corrected chi connectivity index (χ2v) is 4.96. The van der Waals surface area contributed by atoms with Gasteiger partial charge in [0.25, 0.3) is 5.91 Å². The molecule has 1 aliphatic carbocycles. The van der Waals surface area contributed by atoms with Crippen LogP contribution in [0.1, 0.15) is 49.2 Å². The summed E-state index contributed by atoms with van der Waals surface area (Å²) in [6.45, 7) is 4.93. The topological polar surface area (TPSA) is 71.2 Å². The molecule has 1 amide bonds. The van der Waals surface area contributed by atoms with Gasteiger partial charge in [0.1, 0.15) is 5.82 Å². The lowest BCUT2D eigenvalue weighted by molar-refractivity contribution is 0.0743. The standard InChI is InChI=1S/C14H22N4O/c1-3-7-18(12-5-6-12)14(19)10-8-11(4-2)16-13(9-10)17-15/h8-9,12H,3-7,15H2,1-2H3,(H,16,17). The van der Waals surface area contributed by atoms with E-state index in [1.54, 1.807) is 6.07 Å². The van der Waals surface area contributed by atoms with Crippen molar-refractivity contribution in [3.8, 4) is 0 Å². The lowest BCUT2D eigenvalue weighted by Gasteiger charge is -2.22. The van der Waals surface area contributed by atoms with Crippen molar-refractivity contribution in [1.82, 2.24) is 9.88 Å². The van der Waals surface area contributed by atoms with Gasteiger partial charge < -0.3 is 10.3 Å². The predicted molar refractivity (Wildman–Crippen MR) is 75.8 cm³/mol. The molecule has 1 saturated carbocycles. The Balaban J connectivity index is 2.25. The van der Waals surface area contributed by atoms with Crippen molar-refractivity contribution in [3.63, 3.8) is 0 Å². The Morgan fingerprint density at radius 3 is 2.74 bits per heavy atom. The van der Waals surface area contributed by atoms with Crippen molar-refractivity contribution in [2.24, 2.45) is 5.84 Å². The number of rotatable bonds is 6. The second-order valence-electron chi connectivity index (χ2n) is 4.96. The Hall–Kier alpha value is -1.62. The molecule has 1 aromatic rings. The fourth-order valence-corrected chi connectivity index (χ4v) is 2.21. The number of hydrogen-bond donors (Lipinski definition) is 2. The molecule has 1 fully saturated rings. The highest BCUT2D eigenvalue weighted by Crippen LogP contribution is 2.28. The van der Waals surface area contributed by atoms with Crippen LogP contribution in [0.2, 0.25) is 0 Å². The third kappa shape index (κ3) is 3.23. The summed E-state index contributed by atoms with van der Waals surface area (Å²) in [4.78, 5) is 18.9. The molecule has 0 aromatic carbocycles. The number of carbonyl (C=O) groups is 1. The highest BCUT2D eigenvalue weighted by atomic mass is 16.2. The van der Waals surface area contributed by atoms with Crippen molar-refractivity contribution in [2.75, 3.05) is 12.0 Å². The van der Waals surface area contributed by atoms with Gasteiger partial charge in [-0.25, -0.2) is 10.8 Å². The van der Waals surface area contributed by atoms with Gasteiger partial charge in [-0.15, -0.1) is 0 Å². The van der Waals surface area contributed by atoms with Crippen LogP contribution in [0.3, 0.4) is 0 Å². The number of nitrogens with one attached hydrogen (secondary N) is 1. The monoisotopic (exact) mass is 262 g/mol. The number of nitrogens with two attached hydrogens (primary N) is 1. The van der Waals surface area contributed by atoms with Gasteiger partial charge >= 0.3 is 0 Å². The Morgan fingerprint density at radius 2 is 2.21 bits per heavy atom. The molecule has 104 valence electrons. The van der Waals surface area contributed by atoms with E-state index >= 15 is 0 Å². The molecular formula is C14H22N4O. The molecule has 1 aromatic heterocycles. The number of nitrogen functional groups attached to an aromatic ring is 1. The zero-order chi connectivity index (χ0) is 13.8. The van der Waals surface area contributed by atoms with E-state index < -0.39 is 0 Å². The third-order valence-corrected chi connectivity index (χ3v) is 3.35. The van der Waals surface area contributed by atoms with Crippen molar-refractivity contribution >= 4 is 11.7 Å². The number of hydrogen-bond acceptors (Lipinski definition) is 4.